The Morgan fingerprint density at radius 2 is 1.88 bits per heavy atom. The van der Waals surface area contributed by atoms with Gasteiger partial charge in [-0.15, -0.1) is 0 Å². The second-order valence-corrected chi connectivity index (χ2v) is 7.26. The number of hydrogen-bond acceptors (Lipinski definition) is 3. The molecule has 0 radical (unpaired) electrons. The zero-order chi connectivity index (χ0) is 18.2. The predicted octanol–water partition coefficient (Wildman–Crippen LogP) is 3.18. The Hall–Kier alpha value is -2.39. The van der Waals surface area contributed by atoms with Crippen LogP contribution in [0.15, 0.2) is 48.8 Å². The van der Waals surface area contributed by atoms with Crippen molar-refractivity contribution in [3.05, 3.63) is 54.4 Å². The standard InChI is InChI=1S/C16H14F3N3O2S/c1-22-14-5-3-2-4-12(14)7-15(22)13-6-11(8-20-10-13)9-21-25(23,24)16(17,18)19/h2-8,10,21H,9H2,1H3. The lowest BCUT2D eigenvalue weighted by Gasteiger charge is -2.10. The van der Waals surface area contributed by atoms with Crippen LogP contribution < -0.4 is 4.72 Å². The minimum atomic E-state index is -5.39. The molecule has 3 rings (SSSR count). The normalized spacial score (nSPS) is 12.6. The van der Waals surface area contributed by atoms with E-state index in [4.69, 9.17) is 0 Å². The number of nitrogens with one attached hydrogen (secondary N) is 1. The first-order valence-electron chi connectivity index (χ1n) is 7.24. The second-order valence-electron chi connectivity index (χ2n) is 5.50. The summed E-state index contributed by atoms with van der Waals surface area (Å²) >= 11 is 0. The third-order valence-corrected chi connectivity index (χ3v) is 4.95. The van der Waals surface area contributed by atoms with Gasteiger partial charge in [-0.2, -0.15) is 13.2 Å². The Balaban J connectivity index is 1.90. The highest BCUT2D eigenvalue weighted by molar-refractivity contribution is 7.90. The summed E-state index contributed by atoms with van der Waals surface area (Å²) in [7, 11) is -3.51. The van der Waals surface area contributed by atoms with E-state index in [2.05, 4.69) is 4.98 Å². The summed E-state index contributed by atoms with van der Waals surface area (Å²) in [6.07, 6.45) is 2.90. The van der Waals surface area contributed by atoms with Crippen LogP contribution in [0.25, 0.3) is 22.2 Å². The van der Waals surface area contributed by atoms with Gasteiger partial charge in [0.05, 0.1) is 5.69 Å². The Kier molecular flexibility index (Phi) is 4.29. The molecule has 0 aliphatic heterocycles. The molecule has 1 aromatic carbocycles. The second kappa shape index (κ2) is 6.16. The highest BCUT2D eigenvalue weighted by atomic mass is 32.2. The van der Waals surface area contributed by atoms with E-state index in [9.17, 15) is 21.6 Å². The number of sulfonamides is 1. The lowest BCUT2D eigenvalue weighted by Crippen LogP contribution is -2.36. The van der Waals surface area contributed by atoms with Crippen molar-refractivity contribution >= 4 is 20.9 Å². The van der Waals surface area contributed by atoms with E-state index in [-0.39, 0.29) is 0 Å². The molecule has 0 atom stereocenters. The van der Waals surface area contributed by atoms with Gasteiger partial charge < -0.3 is 4.57 Å². The van der Waals surface area contributed by atoms with Gasteiger partial charge in [-0.25, -0.2) is 13.1 Å². The maximum atomic E-state index is 12.4. The Labute approximate surface area is 142 Å². The zero-order valence-electron chi connectivity index (χ0n) is 13.1. The number of alkyl halides is 3. The van der Waals surface area contributed by atoms with Crippen LogP contribution in [-0.2, 0) is 23.6 Å². The van der Waals surface area contributed by atoms with Gasteiger partial charge in [0.2, 0.25) is 0 Å². The Bertz CT molecular complexity index is 1030. The van der Waals surface area contributed by atoms with Crippen LogP contribution in [-0.4, -0.2) is 23.5 Å². The van der Waals surface area contributed by atoms with Gasteiger partial charge in [-0.3, -0.25) is 4.98 Å². The molecule has 0 fully saturated rings. The van der Waals surface area contributed by atoms with Gasteiger partial charge in [0.1, 0.15) is 0 Å². The summed E-state index contributed by atoms with van der Waals surface area (Å²) in [6.45, 7) is -0.493. The van der Waals surface area contributed by atoms with Crippen LogP contribution in [0.1, 0.15) is 5.56 Å². The van der Waals surface area contributed by atoms with E-state index >= 15 is 0 Å². The van der Waals surface area contributed by atoms with Gasteiger partial charge in [0.15, 0.2) is 0 Å². The average molecular weight is 369 g/mol. The van der Waals surface area contributed by atoms with Crippen molar-refractivity contribution in [2.75, 3.05) is 0 Å². The molecule has 25 heavy (non-hydrogen) atoms. The average Bonchev–Trinajstić information content (AvgIpc) is 2.90. The molecule has 132 valence electrons. The fourth-order valence-corrected chi connectivity index (χ4v) is 3.07. The molecule has 0 aliphatic rings. The molecule has 3 aromatic rings. The van der Waals surface area contributed by atoms with Gasteiger partial charge >= 0.3 is 15.5 Å². The van der Waals surface area contributed by atoms with Crippen LogP contribution in [0.2, 0.25) is 0 Å². The fraction of sp³-hybridized carbons (Fsp3) is 0.188. The summed E-state index contributed by atoms with van der Waals surface area (Å²) < 4.78 is 62.8. The van der Waals surface area contributed by atoms with Crippen molar-refractivity contribution in [1.82, 2.24) is 14.3 Å². The van der Waals surface area contributed by atoms with Crippen LogP contribution >= 0.6 is 0 Å². The Morgan fingerprint density at radius 1 is 1.16 bits per heavy atom. The van der Waals surface area contributed by atoms with E-state index < -0.39 is 22.1 Å². The van der Waals surface area contributed by atoms with E-state index in [1.54, 1.807) is 12.3 Å². The number of aromatic nitrogens is 2. The predicted molar refractivity (Wildman–Crippen MR) is 88.0 cm³/mol. The molecule has 1 N–H and O–H groups in total. The lowest BCUT2D eigenvalue weighted by molar-refractivity contribution is -0.0448. The largest absolute Gasteiger partial charge is 0.511 e. The van der Waals surface area contributed by atoms with Crippen molar-refractivity contribution in [2.24, 2.45) is 7.05 Å². The number of nitrogens with zero attached hydrogens (tertiary/aromatic N) is 2. The first kappa shape index (κ1) is 17.4. The molecule has 9 heteroatoms. The van der Waals surface area contributed by atoms with Crippen molar-refractivity contribution in [3.8, 4) is 11.3 Å². The molecule has 2 aromatic heterocycles. The van der Waals surface area contributed by atoms with E-state index in [0.29, 0.717) is 11.1 Å². The summed E-state index contributed by atoms with van der Waals surface area (Å²) in [4.78, 5) is 4.01. The van der Waals surface area contributed by atoms with Crippen LogP contribution in [0, 0.1) is 0 Å². The minimum absolute atomic E-state index is 0.329. The van der Waals surface area contributed by atoms with E-state index in [1.165, 1.54) is 10.9 Å². The molecule has 0 saturated heterocycles. The van der Waals surface area contributed by atoms with E-state index in [0.717, 1.165) is 16.6 Å². The first-order chi connectivity index (χ1) is 11.7. The smallest absolute Gasteiger partial charge is 0.344 e. The lowest BCUT2D eigenvalue weighted by atomic mass is 10.1. The first-order valence-corrected chi connectivity index (χ1v) is 8.72. The minimum Gasteiger partial charge on any atom is -0.344 e. The van der Waals surface area contributed by atoms with Crippen LogP contribution in [0.3, 0.4) is 0 Å². The number of para-hydroxylation sites is 1. The molecular weight excluding hydrogens is 355 g/mol. The quantitative estimate of drug-likeness (QED) is 0.768. The van der Waals surface area contributed by atoms with Gasteiger partial charge in [-0.05, 0) is 23.8 Å². The van der Waals surface area contributed by atoms with E-state index in [1.807, 2.05) is 41.9 Å². The monoisotopic (exact) mass is 369 g/mol. The fourth-order valence-electron chi connectivity index (χ4n) is 2.55. The number of halogens is 3. The number of aryl methyl sites for hydroxylation is 1. The molecule has 0 spiro atoms. The summed E-state index contributed by atoms with van der Waals surface area (Å²) in [5, 5.41) is 1.02. The van der Waals surface area contributed by atoms with Gasteiger partial charge in [-0.1, -0.05) is 18.2 Å². The highest BCUT2D eigenvalue weighted by Gasteiger charge is 2.45. The molecule has 0 amide bonds. The van der Waals surface area contributed by atoms with Crippen molar-refractivity contribution in [3.63, 3.8) is 0 Å². The van der Waals surface area contributed by atoms with Crippen molar-refractivity contribution in [2.45, 2.75) is 12.1 Å². The number of rotatable bonds is 4. The molecule has 0 aliphatic carbocycles. The summed E-state index contributed by atoms with van der Waals surface area (Å²) in [5.74, 6) is 0. The SMILES string of the molecule is Cn1c(-c2cncc(CNS(=O)(=O)C(F)(F)F)c2)cc2ccccc21. The third kappa shape index (κ3) is 3.38. The topological polar surface area (TPSA) is 64.0 Å². The highest BCUT2D eigenvalue weighted by Crippen LogP contribution is 2.27. The number of fused-ring (bicyclic) bond motifs is 1. The molecule has 2 heterocycles. The number of hydrogen-bond donors (Lipinski definition) is 1. The summed E-state index contributed by atoms with van der Waals surface area (Å²) in [6, 6.07) is 11.3. The molecular formula is C16H14F3N3O2S. The molecule has 0 saturated carbocycles. The van der Waals surface area contributed by atoms with Crippen LogP contribution in [0.4, 0.5) is 13.2 Å². The number of benzene rings is 1. The molecule has 0 unspecified atom stereocenters. The zero-order valence-corrected chi connectivity index (χ0v) is 13.9. The maximum Gasteiger partial charge on any atom is 0.511 e. The van der Waals surface area contributed by atoms with Gasteiger partial charge in [0, 0.05) is 42.5 Å². The molecule has 5 nitrogen and oxygen atoms in total. The maximum absolute atomic E-state index is 12.4. The molecule has 0 bridgehead atoms. The Morgan fingerprint density at radius 3 is 2.56 bits per heavy atom. The summed E-state index contributed by atoms with van der Waals surface area (Å²) in [5.41, 5.74) is -2.50. The number of pyridine rings is 1. The van der Waals surface area contributed by atoms with Gasteiger partial charge in [0.25, 0.3) is 0 Å². The third-order valence-electron chi connectivity index (χ3n) is 3.81. The van der Waals surface area contributed by atoms with Crippen molar-refractivity contribution < 1.29 is 21.6 Å². The van der Waals surface area contributed by atoms with Crippen molar-refractivity contribution in [1.29, 1.82) is 0 Å². The van der Waals surface area contributed by atoms with Crippen LogP contribution in [0.5, 0.6) is 0 Å².